The zero-order chi connectivity index (χ0) is 23.0. The van der Waals surface area contributed by atoms with Gasteiger partial charge in [-0.15, -0.1) is 37.1 Å². The van der Waals surface area contributed by atoms with E-state index in [2.05, 4.69) is 20.4 Å². The molecule has 1 aliphatic rings. The summed E-state index contributed by atoms with van der Waals surface area (Å²) >= 11 is 0. The summed E-state index contributed by atoms with van der Waals surface area (Å²) in [6, 6.07) is 14.0. The van der Waals surface area contributed by atoms with Crippen LogP contribution < -0.4 is 15.4 Å². The van der Waals surface area contributed by atoms with Gasteiger partial charge in [0.1, 0.15) is 5.75 Å². The maximum absolute atomic E-state index is 12.6. The van der Waals surface area contributed by atoms with Crippen molar-refractivity contribution in [3.63, 3.8) is 0 Å². The van der Waals surface area contributed by atoms with Crippen molar-refractivity contribution in [1.82, 2.24) is 15.5 Å². The van der Waals surface area contributed by atoms with Gasteiger partial charge in [-0.25, -0.2) is 4.99 Å². The van der Waals surface area contributed by atoms with E-state index in [0.29, 0.717) is 50.5 Å². The van der Waals surface area contributed by atoms with Gasteiger partial charge in [-0.05, 0) is 30.5 Å². The Morgan fingerprint density at radius 1 is 1.06 bits per heavy atom. The summed E-state index contributed by atoms with van der Waals surface area (Å²) in [5.74, 6) is 0.301. The van der Waals surface area contributed by atoms with Gasteiger partial charge in [0.25, 0.3) is 0 Å². The highest BCUT2D eigenvalue weighted by Crippen LogP contribution is 2.26. The van der Waals surface area contributed by atoms with E-state index in [0.717, 1.165) is 0 Å². The van der Waals surface area contributed by atoms with Crippen molar-refractivity contribution in [3.8, 4) is 5.75 Å². The number of alkyl halides is 3. The lowest BCUT2D eigenvalue weighted by atomic mass is 10.1. The maximum atomic E-state index is 12.6. The molecule has 1 aliphatic heterocycles. The normalized spacial score (nSPS) is 13.2. The Morgan fingerprint density at radius 2 is 1.70 bits per heavy atom. The standard InChI is InChI=1S/C23H27F3N4O2.HI/c1-2-27-22(29-14-17-8-5-6-11-20(17)32-23(24,25)26)28-13-7-12-21(31)30-15-18-9-3-4-10-19(18)16-30;/h3-6,8-11H,2,7,12-16H2,1H3,(H2,27,28,29);1H. The van der Waals surface area contributed by atoms with Crippen LogP contribution in [0.4, 0.5) is 13.2 Å². The molecule has 0 unspecified atom stereocenters. The largest absolute Gasteiger partial charge is 0.573 e. The molecular formula is C23H28F3IN4O2. The highest BCUT2D eigenvalue weighted by molar-refractivity contribution is 14.0. The molecule has 0 aliphatic carbocycles. The second-order valence-corrected chi connectivity index (χ2v) is 7.40. The number of carbonyl (C=O) groups is 1. The molecule has 0 saturated heterocycles. The van der Waals surface area contributed by atoms with Gasteiger partial charge in [0.05, 0.1) is 6.54 Å². The predicted molar refractivity (Wildman–Crippen MR) is 131 cm³/mol. The van der Waals surface area contributed by atoms with E-state index in [1.807, 2.05) is 36.1 Å². The number of rotatable bonds is 8. The molecule has 2 aromatic rings. The number of benzene rings is 2. The fourth-order valence-electron chi connectivity index (χ4n) is 3.48. The summed E-state index contributed by atoms with van der Waals surface area (Å²) in [4.78, 5) is 18.7. The Kier molecular flexibility index (Phi) is 10.3. The van der Waals surface area contributed by atoms with Crippen molar-refractivity contribution in [2.24, 2.45) is 4.99 Å². The number of guanidine groups is 1. The minimum atomic E-state index is -4.76. The second kappa shape index (κ2) is 12.7. The van der Waals surface area contributed by atoms with Crippen molar-refractivity contribution >= 4 is 35.8 Å². The monoisotopic (exact) mass is 576 g/mol. The van der Waals surface area contributed by atoms with Gasteiger partial charge < -0.3 is 20.3 Å². The minimum absolute atomic E-state index is 0. The Balaban J connectivity index is 0.00000385. The Morgan fingerprint density at radius 3 is 2.33 bits per heavy atom. The lowest BCUT2D eigenvalue weighted by Gasteiger charge is -2.16. The van der Waals surface area contributed by atoms with E-state index in [1.165, 1.54) is 23.3 Å². The van der Waals surface area contributed by atoms with E-state index in [-0.39, 0.29) is 42.2 Å². The van der Waals surface area contributed by atoms with Crippen molar-refractivity contribution in [2.75, 3.05) is 13.1 Å². The van der Waals surface area contributed by atoms with Crippen LogP contribution in [-0.4, -0.2) is 36.2 Å². The van der Waals surface area contributed by atoms with E-state index in [1.54, 1.807) is 12.1 Å². The average Bonchev–Trinajstić information content (AvgIpc) is 3.19. The van der Waals surface area contributed by atoms with Gasteiger partial charge in [0.2, 0.25) is 5.91 Å². The molecule has 3 rings (SSSR count). The lowest BCUT2D eigenvalue weighted by Crippen LogP contribution is -2.38. The SMILES string of the molecule is CCNC(=NCc1ccccc1OC(F)(F)F)NCCCC(=O)N1Cc2ccccc2C1.I. The van der Waals surface area contributed by atoms with Crippen molar-refractivity contribution in [1.29, 1.82) is 0 Å². The first-order valence-corrected chi connectivity index (χ1v) is 10.6. The van der Waals surface area contributed by atoms with Crippen LogP contribution in [0.25, 0.3) is 0 Å². The number of halogens is 4. The van der Waals surface area contributed by atoms with Gasteiger partial charge in [-0.3, -0.25) is 4.79 Å². The third-order valence-electron chi connectivity index (χ3n) is 5.00. The van der Waals surface area contributed by atoms with Crippen LogP contribution in [0.1, 0.15) is 36.5 Å². The van der Waals surface area contributed by atoms with Gasteiger partial charge >= 0.3 is 6.36 Å². The molecule has 10 heteroatoms. The molecule has 2 aromatic carbocycles. The number of amides is 1. The number of hydrogen-bond acceptors (Lipinski definition) is 3. The molecule has 0 spiro atoms. The topological polar surface area (TPSA) is 66.0 Å². The van der Waals surface area contributed by atoms with Crippen LogP contribution in [-0.2, 0) is 24.4 Å². The molecule has 0 atom stereocenters. The van der Waals surface area contributed by atoms with Crippen LogP contribution in [0.2, 0.25) is 0 Å². The molecule has 6 nitrogen and oxygen atoms in total. The number of nitrogens with one attached hydrogen (secondary N) is 2. The second-order valence-electron chi connectivity index (χ2n) is 7.40. The molecule has 0 radical (unpaired) electrons. The summed E-state index contributed by atoms with van der Waals surface area (Å²) in [5.41, 5.74) is 2.71. The third kappa shape index (κ3) is 8.41. The van der Waals surface area contributed by atoms with Gasteiger partial charge in [0.15, 0.2) is 5.96 Å². The Labute approximate surface area is 208 Å². The van der Waals surface area contributed by atoms with Gasteiger partial charge in [0, 0.05) is 38.2 Å². The van der Waals surface area contributed by atoms with Crippen LogP contribution in [0.5, 0.6) is 5.75 Å². The number of para-hydroxylation sites is 1. The summed E-state index contributed by atoms with van der Waals surface area (Å²) < 4.78 is 41.8. The van der Waals surface area contributed by atoms with Crippen molar-refractivity contribution in [2.45, 2.75) is 45.8 Å². The summed E-state index contributed by atoms with van der Waals surface area (Å²) in [6.07, 6.45) is -3.74. The molecule has 0 aromatic heterocycles. The predicted octanol–water partition coefficient (Wildman–Crippen LogP) is 4.58. The summed E-state index contributed by atoms with van der Waals surface area (Å²) in [5, 5.41) is 6.18. The van der Waals surface area contributed by atoms with Gasteiger partial charge in [-0.1, -0.05) is 42.5 Å². The Bertz CT molecular complexity index is 928. The fourth-order valence-corrected chi connectivity index (χ4v) is 3.48. The van der Waals surface area contributed by atoms with Crippen LogP contribution >= 0.6 is 24.0 Å². The zero-order valence-electron chi connectivity index (χ0n) is 18.3. The van der Waals surface area contributed by atoms with Gasteiger partial charge in [-0.2, -0.15) is 0 Å². The molecular weight excluding hydrogens is 548 g/mol. The highest BCUT2D eigenvalue weighted by atomic mass is 127. The first kappa shape index (κ1) is 26.7. The third-order valence-corrected chi connectivity index (χ3v) is 5.00. The number of fused-ring (bicyclic) bond motifs is 1. The molecule has 0 bridgehead atoms. The molecule has 1 heterocycles. The number of carbonyl (C=O) groups excluding carboxylic acids is 1. The smallest absolute Gasteiger partial charge is 0.405 e. The molecule has 2 N–H and O–H groups in total. The van der Waals surface area contributed by atoms with Crippen molar-refractivity contribution < 1.29 is 22.7 Å². The minimum Gasteiger partial charge on any atom is -0.405 e. The average molecular weight is 576 g/mol. The number of nitrogens with zero attached hydrogens (tertiary/aromatic N) is 2. The molecule has 33 heavy (non-hydrogen) atoms. The lowest BCUT2D eigenvalue weighted by molar-refractivity contribution is -0.274. The maximum Gasteiger partial charge on any atom is 0.573 e. The molecule has 0 fully saturated rings. The van der Waals surface area contributed by atoms with E-state index in [4.69, 9.17) is 0 Å². The first-order chi connectivity index (χ1) is 15.4. The number of hydrogen-bond donors (Lipinski definition) is 2. The number of aliphatic imine (C=N–C) groups is 1. The number of ether oxygens (including phenoxy) is 1. The highest BCUT2D eigenvalue weighted by Gasteiger charge is 2.32. The first-order valence-electron chi connectivity index (χ1n) is 10.6. The van der Waals surface area contributed by atoms with Crippen LogP contribution in [0.3, 0.4) is 0 Å². The Hall–Kier alpha value is -2.50. The van der Waals surface area contributed by atoms with E-state index >= 15 is 0 Å². The quantitative estimate of drug-likeness (QED) is 0.209. The van der Waals surface area contributed by atoms with Crippen LogP contribution in [0.15, 0.2) is 53.5 Å². The van der Waals surface area contributed by atoms with Crippen molar-refractivity contribution in [3.05, 3.63) is 65.2 Å². The van der Waals surface area contributed by atoms with E-state index < -0.39 is 6.36 Å². The zero-order valence-corrected chi connectivity index (χ0v) is 20.7. The molecule has 180 valence electrons. The van der Waals surface area contributed by atoms with E-state index in [9.17, 15) is 18.0 Å². The summed E-state index contributed by atoms with van der Waals surface area (Å²) in [6.45, 7) is 4.31. The molecule has 0 saturated carbocycles. The summed E-state index contributed by atoms with van der Waals surface area (Å²) in [7, 11) is 0. The molecule has 1 amide bonds. The fraction of sp³-hybridized carbons (Fsp3) is 0.391. The van der Waals surface area contributed by atoms with Crippen LogP contribution in [0, 0.1) is 0 Å².